The normalized spacial score (nSPS) is 18.3. The number of aromatic nitrogens is 2. The molecule has 1 amide bonds. The molecule has 0 bridgehead atoms. The van der Waals surface area contributed by atoms with Gasteiger partial charge in [0.15, 0.2) is 0 Å². The van der Waals surface area contributed by atoms with Crippen molar-refractivity contribution >= 4 is 33.9 Å². The van der Waals surface area contributed by atoms with Gasteiger partial charge in [0.25, 0.3) is 5.78 Å². The van der Waals surface area contributed by atoms with Gasteiger partial charge in [-0.05, 0) is 36.8 Å². The Morgan fingerprint density at radius 2 is 1.76 bits per heavy atom. The van der Waals surface area contributed by atoms with Crippen LogP contribution in [0.5, 0.6) is 5.75 Å². The number of carbonyl (C=O) groups excluding carboxylic acids is 2. The number of ketones is 1. The number of rotatable bonds is 4. The molecule has 29 heavy (non-hydrogen) atoms. The summed E-state index contributed by atoms with van der Waals surface area (Å²) in [7, 11) is 1.54. The molecule has 1 saturated heterocycles. The molecule has 3 aromatic rings. The Labute approximate surface area is 170 Å². The average molecular weight is 407 g/mol. The summed E-state index contributed by atoms with van der Waals surface area (Å²) in [5.41, 5.74) is 1.12. The van der Waals surface area contributed by atoms with E-state index >= 15 is 0 Å². The predicted molar refractivity (Wildman–Crippen MR) is 109 cm³/mol. The zero-order valence-corrected chi connectivity index (χ0v) is 16.5. The van der Waals surface area contributed by atoms with E-state index < -0.39 is 17.7 Å². The van der Waals surface area contributed by atoms with Gasteiger partial charge in [0, 0.05) is 5.56 Å². The summed E-state index contributed by atoms with van der Waals surface area (Å²) < 4.78 is 5.14. The lowest BCUT2D eigenvalue weighted by atomic mass is 9.95. The van der Waals surface area contributed by atoms with Crippen LogP contribution in [-0.2, 0) is 9.59 Å². The third kappa shape index (κ3) is 3.27. The van der Waals surface area contributed by atoms with Crippen LogP contribution in [0.4, 0.5) is 5.13 Å². The highest BCUT2D eigenvalue weighted by Gasteiger charge is 2.48. The molecule has 4 rings (SSSR count). The van der Waals surface area contributed by atoms with Crippen molar-refractivity contribution in [1.29, 1.82) is 0 Å². The molecule has 1 aliphatic rings. The lowest BCUT2D eigenvalue weighted by Gasteiger charge is -2.22. The Balaban J connectivity index is 1.90. The molecule has 1 fully saturated rings. The molecule has 1 atom stereocenters. The molecule has 1 unspecified atom stereocenters. The van der Waals surface area contributed by atoms with Crippen LogP contribution >= 0.6 is 11.3 Å². The van der Waals surface area contributed by atoms with E-state index in [0.717, 1.165) is 0 Å². The van der Waals surface area contributed by atoms with E-state index in [9.17, 15) is 14.7 Å². The highest BCUT2D eigenvalue weighted by atomic mass is 32.1. The van der Waals surface area contributed by atoms with Gasteiger partial charge in [-0.3, -0.25) is 14.5 Å². The highest BCUT2D eigenvalue weighted by Crippen LogP contribution is 2.42. The van der Waals surface area contributed by atoms with Crippen molar-refractivity contribution in [2.45, 2.75) is 13.0 Å². The van der Waals surface area contributed by atoms with Crippen LogP contribution in [0.3, 0.4) is 0 Å². The molecule has 2 heterocycles. The number of aliphatic hydroxyl groups excluding tert-OH is 1. The lowest BCUT2D eigenvalue weighted by Crippen LogP contribution is -2.29. The van der Waals surface area contributed by atoms with E-state index in [4.69, 9.17) is 4.74 Å². The molecule has 7 nitrogen and oxygen atoms in total. The second-order valence-corrected chi connectivity index (χ2v) is 7.57. The van der Waals surface area contributed by atoms with E-state index in [2.05, 4.69) is 10.2 Å². The van der Waals surface area contributed by atoms with Crippen molar-refractivity contribution in [2.24, 2.45) is 0 Å². The van der Waals surface area contributed by atoms with Crippen LogP contribution in [0, 0.1) is 6.92 Å². The van der Waals surface area contributed by atoms with Gasteiger partial charge in [-0.1, -0.05) is 41.7 Å². The number of nitrogens with zero attached hydrogens (tertiary/aromatic N) is 3. The first-order chi connectivity index (χ1) is 14.0. The number of amides is 1. The van der Waals surface area contributed by atoms with Crippen molar-refractivity contribution in [1.82, 2.24) is 10.2 Å². The molecule has 0 aliphatic carbocycles. The second-order valence-electron chi connectivity index (χ2n) is 6.41. The molecule has 146 valence electrons. The quantitative estimate of drug-likeness (QED) is 0.404. The predicted octanol–water partition coefficient (Wildman–Crippen LogP) is 3.48. The number of ether oxygens (including phenoxy) is 1. The van der Waals surface area contributed by atoms with E-state index in [1.165, 1.54) is 16.2 Å². The van der Waals surface area contributed by atoms with Crippen LogP contribution in [0.1, 0.15) is 22.2 Å². The first-order valence-electron chi connectivity index (χ1n) is 8.81. The smallest absolute Gasteiger partial charge is 0.301 e. The highest BCUT2D eigenvalue weighted by molar-refractivity contribution is 7.15. The van der Waals surface area contributed by atoms with Gasteiger partial charge < -0.3 is 9.84 Å². The Morgan fingerprint density at radius 3 is 2.34 bits per heavy atom. The van der Waals surface area contributed by atoms with Crippen LogP contribution in [0.2, 0.25) is 0 Å². The standard InChI is InChI=1S/C21H17N3O4S/c1-12-22-23-21(29-12)24-17(13-6-4-3-5-7-13)16(19(26)20(24)27)18(25)14-8-10-15(28-2)11-9-14/h3-11,17,25H,1-2H3/b18-16-. The Kier molecular flexibility index (Phi) is 4.85. The molecule has 8 heteroatoms. The van der Waals surface area contributed by atoms with Crippen molar-refractivity contribution in [3.05, 3.63) is 76.3 Å². The lowest BCUT2D eigenvalue weighted by molar-refractivity contribution is -0.132. The van der Waals surface area contributed by atoms with Crippen molar-refractivity contribution < 1.29 is 19.4 Å². The second kappa shape index (κ2) is 7.48. The fourth-order valence-corrected chi connectivity index (χ4v) is 3.98. The zero-order valence-electron chi connectivity index (χ0n) is 15.7. The van der Waals surface area contributed by atoms with Gasteiger partial charge in [-0.25, -0.2) is 0 Å². The van der Waals surface area contributed by atoms with E-state index in [0.29, 0.717) is 27.0 Å². The maximum absolute atomic E-state index is 12.9. The van der Waals surface area contributed by atoms with Gasteiger partial charge in [-0.2, -0.15) is 0 Å². The minimum atomic E-state index is -0.800. The summed E-state index contributed by atoms with van der Waals surface area (Å²) in [6.07, 6.45) is 0. The minimum Gasteiger partial charge on any atom is -0.507 e. The van der Waals surface area contributed by atoms with Crippen molar-refractivity contribution in [3.8, 4) is 5.75 Å². The van der Waals surface area contributed by atoms with Gasteiger partial charge in [0.2, 0.25) is 5.13 Å². The molecule has 0 saturated carbocycles. The number of methoxy groups -OCH3 is 1. The molecular weight excluding hydrogens is 390 g/mol. The van der Waals surface area contributed by atoms with Crippen LogP contribution in [0.25, 0.3) is 5.76 Å². The number of aryl methyl sites for hydroxylation is 1. The number of Topliss-reactive ketones (excluding diaryl/α,β-unsaturated/α-hetero) is 1. The zero-order chi connectivity index (χ0) is 20.5. The summed E-state index contributed by atoms with van der Waals surface area (Å²) in [6.45, 7) is 1.77. The van der Waals surface area contributed by atoms with Gasteiger partial charge in [-0.15, -0.1) is 10.2 Å². The maximum atomic E-state index is 12.9. The summed E-state index contributed by atoms with van der Waals surface area (Å²) in [6, 6.07) is 14.9. The summed E-state index contributed by atoms with van der Waals surface area (Å²) in [4.78, 5) is 27.1. The fourth-order valence-electron chi connectivity index (χ4n) is 3.27. The number of hydrogen-bond acceptors (Lipinski definition) is 7. The molecule has 0 spiro atoms. The SMILES string of the molecule is COc1ccc(/C(O)=C2/C(=O)C(=O)N(c3nnc(C)s3)C2c2ccccc2)cc1. The fraction of sp³-hybridized carbons (Fsp3) is 0.143. The monoisotopic (exact) mass is 407 g/mol. The van der Waals surface area contributed by atoms with E-state index in [-0.39, 0.29) is 11.3 Å². The molecule has 0 radical (unpaired) electrons. The number of carbonyl (C=O) groups is 2. The van der Waals surface area contributed by atoms with Crippen LogP contribution < -0.4 is 9.64 Å². The van der Waals surface area contributed by atoms with Crippen LogP contribution in [0.15, 0.2) is 60.2 Å². The first-order valence-corrected chi connectivity index (χ1v) is 9.63. The molecule has 1 aromatic heterocycles. The summed E-state index contributed by atoms with van der Waals surface area (Å²) in [5.74, 6) is -1.14. The number of anilines is 1. The van der Waals surface area contributed by atoms with Gasteiger partial charge >= 0.3 is 5.91 Å². The Morgan fingerprint density at radius 1 is 1.07 bits per heavy atom. The molecular formula is C21H17N3O4S. The van der Waals surface area contributed by atoms with Gasteiger partial charge in [0.05, 0.1) is 18.7 Å². The number of benzene rings is 2. The van der Waals surface area contributed by atoms with Crippen molar-refractivity contribution in [3.63, 3.8) is 0 Å². The van der Waals surface area contributed by atoms with Crippen LogP contribution in [-0.4, -0.2) is 34.1 Å². The van der Waals surface area contributed by atoms with E-state index in [1.807, 2.05) is 18.2 Å². The van der Waals surface area contributed by atoms with Gasteiger partial charge in [0.1, 0.15) is 16.5 Å². The minimum absolute atomic E-state index is 0.0132. The van der Waals surface area contributed by atoms with E-state index in [1.54, 1.807) is 50.4 Å². The molecule has 1 N–H and O–H groups in total. The summed E-state index contributed by atoms with van der Waals surface area (Å²) in [5, 5.41) is 20.0. The third-order valence-corrected chi connectivity index (χ3v) is 5.48. The van der Waals surface area contributed by atoms with Crippen molar-refractivity contribution in [2.75, 3.05) is 12.0 Å². The Bertz CT molecular complexity index is 1110. The Hall–Kier alpha value is -3.52. The maximum Gasteiger partial charge on any atom is 0.301 e. The number of aliphatic hydroxyl groups is 1. The number of hydrogen-bond donors (Lipinski definition) is 1. The topological polar surface area (TPSA) is 92.6 Å². The average Bonchev–Trinajstić information content (AvgIpc) is 3.29. The molecule has 1 aliphatic heterocycles. The molecule has 2 aromatic carbocycles. The largest absolute Gasteiger partial charge is 0.507 e. The third-order valence-electron chi connectivity index (χ3n) is 4.64. The first kappa shape index (κ1) is 18.8. The summed E-state index contributed by atoms with van der Waals surface area (Å²) >= 11 is 1.21.